The Labute approximate surface area is 164 Å². The van der Waals surface area contributed by atoms with Gasteiger partial charge in [-0.15, -0.1) is 0 Å². The van der Waals surface area contributed by atoms with Gasteiger partial charge in [-0.3, -0.25) is 9.89 Å². The second kappa shape index (κ2) is 10.4. The monoisotopic (exact) mass is 376 g/mol. The second-order valence-corrected chi connectivity index (χ2v) is 7.56. The molecule has 0 saturated carbocycles. The summed E-state index contributed by atoms with van der Waals surface area (Å²) in [5.41, 5.74) is 1.23. The number of piperidine rings is 1. The quantitative estimate of drug-likeness (QED) is 0.539. The third-order valence-corrected chi connectivity index (χ3v) is 5.11. The van der Waals surface area contributed by atoms with Crippen LogP contribution in [-0.2, 0) is 6.54 Å². The average molecular weight is 377 g/mol. The summed E-state index contributed by atoms with van der Waals surface area (Å²) >= 11 is 0. The Morgan fingerprint density at radius 1 is 1.15 bits per heavy atom. The van der Waals surface area contributed by atoms with Gasteiger partial charge in [-0.2, -0.15) is 0 Å². The van der Waals surface area contributed by atoms with Gasteiger partial charge in [0.1, 0.15) is 0 Å². The van der Waals surface area contributed by atoms with Gasteiger partial charge in [-0.1, -0.05) is 12.5 Å². The van der Waals surface area contributed by atoms with Crippen molar-refractivity contribution in [3.8, 4) is 11.5 Å². The highest BCUT2D eigenvalue weighted by Gasteiger charge is 2.27. The summed E-state index contributed by atoms with van der Waals surface area (Å²) in [7, 11) is 3.47. The number of likely N-dealkylation sites (tertiary alicyclic amines) is 1. The molecular weight excluding hydrogens is 340 g/mol. The van der Waals surface area contributed by atoms with Crippen LogP contribution < -0.4 is 20.1 Å². The first kappa shape index (κ1) is 21.4. The predicted molar refractivity (Wildman–Crippen MR) is 112 cm³/mol. The Bertz CT molecular complexity index is 610. The van der Waals surface area contributed by atoms with Crippen molar-refractivity contribution in [1.29, 1.82) is 0 Å². The van der Waals surface area contributed by atoms with Crippen LogP contribution in [0.5, 0.6) is 11.5 Å². The van der Waals surface area contributed by atoms with Gasteiger partial charge in [0.2, 0.25) is 0 Å². The third kappa shape index (κ3) is 6.31. The molecule has 0 radical (unpaired) electrons. The molecule has 152 valence electrons. The summed E-state index contributed by atoms with van der Waals surface area (Å²) in [6.07, 6.45) is 3.96. The van der Waals surface area contributed by atoms with Crippen molar-refractivity contribution in [3.63, 3.8) is 0 Å². The molecule has 1 aliphatic rings. The van der Waals surface area contributed by atoms with Gasteiger partial charge in [-0.25, -0.2) is 0 Å². The summed E-state index contributed by atoms with van der Waals surface area (Å²) in [6.45, 7) is 11.1. The fraction of sp³-hybridized carbons (Fsp3) is 0.667. The Morgan fingerprint density at radius 3 is 2.52 bits per heavy atom. The zero-order valence-corrected chi connectivity index (χ0v) is 17.6. The number of nitrogens with one attached hydrogen (secondary N) is 2. The molecule has 2 rings (SSSR count). The molecule has 1 fully saturated rings. The minimum atomic E-state index is 0.112. The minimum Gasteiger partial charge on any atom is -0.493 e. The second-order valence-electron chi connectivity index (χ2n) is 7.56. The predicted octanol–water partition coefficient (Wildman–Crippen LogP) is 3.02. The molecule has 0 unspecified atom stereocenters. The van der Waals surface area contributed by atoms with E-state index in [1.165, 1.54) is 32.4 Å². The fourth-order valence-corrected chi connectivity index (χ4v) is 3.41. The zero-order valence-electron chi connectivity index (χ0n) is 17.6. The van der Waals surface area contributed by atoms with E-state index < -0.39 is 0 Å². The topological polar surface area (TPSA) is 58.1 Å². The number of hydrogen-bond acceptors (Lipinski definition) is 4. The van der Waals surface area contributed by atoms with Gasteiger partial charge in [0.25, 0.3) is 0 Å². The summed E-state index contributed by atoms with van der Waals surface area (Å²) < 4.78 is 11.0. The molecule has 0 aromatic heterocycles. The smallest absolute Gasteiger partial charge is 0.191 e. The highest BCUT2D eigenvalue weighted by Crippen LogP contribution is 2.28. The SMILES string of the molecule is CCOc1ccc(CNC(=NC)NCC(C)(C)N2CCCCC2)cc1OC. The molecular formula is C21H36N4O2. The lowest BCUT2D eigenvalue weighted by molar-refractivity contribution is 0.0982. The molecule has 6 nitrogen and oxygen atoms in total. The van der Waals surface area contributed by atoms with Crippen LogP contribution in [0.2, 0.25) is 0 Å². The van der Waals surface area contributed by atoms with Gasteiger partial charge in [0.15, 0.2) is 17.5 Å². The van der Waals surface area contributed by atoms with E-state index in [-0.39, 0.29) is 5.54 Å². The Kier molecular flexibility index (Phi) is 8.23. The number of hydrogen-bond donors (Lipinski definition) is 2. The third-order valence-electron chi connectivity index (χ3n) is 5.11. The maximum absolute atomic E-state index is 5.58. The zero-order chi connectivity index (χ0) is 19.7. The largest absolute Gasteiger partial charge is 0.493 e. The standard InChI is InChI=1S/C21H36N4O2/c1-6-27-18-11-10-17(14-19(18)26-5)15-23-20(22-4)24-16-21(2,3)25-12-8-7-9-13-25/h10-11,14H,6-9,12-13,15-16H2,1-5H3,(H2,22,23,24). The number of rotatable bonds is 8. The molecule has 1 heterocycles. The van der Waals surface area contributed by atoms with Crippen LogP contribution in [0.4, 0.5) is 0 Å². The maximum Gasteiger partial charge on any atom is 0.191 e. The van der Waals surface area contributed by atoms with E-state index in [2.05, 4.69) is 34.4 Å². The summed E-state index contributed by atoms with van der Waals surface area (Å²) in [6, 6.07) is 6.00. The first-order valence-electron chi connectivity index (χ1n) is 9.99. The number of ether oxygens (including phenoxy) is 2. The molecule has 1 aliphatic heterocycles. The lowest BCUT2D eigenvalue weighted by Gasteiger charge is -2.41. The van der Waals surface area contributed by atoms with Crippen LogP contribution in [0.1, 0.15) is 45.6 Å². The van der Waals surface area contributed by atoms with E-state index in [4.69, 9.17) is 9.47 Å². The normalized spacial score (nSPS) is 16.1. The van der Waals surface area contributed by atoms with E-state index in [0.717, 1.165) is 29.6 Å². The van der Waals surface area contributed by atoms with Crippen molar-refractivity contribution in [3.05, 3.63) is 23.8 Å². The Morgan fingerprint density at radius 2 is 1.89 bits per heavy atom. The van der Waals surface area contributed by atoms with Crippen LogP contribution in [-0.4, -0.2) is 56.8 Å². The van der Waals surface area contributed by atoms with Crippen molar-refractivity contribution < 1.29 is 9.47 Å². The molecule has 2 N–H and O–H groups in total. The van der Waals surface area contributed by atoms with Crippen molar-refractivity contribution >= 4 is 5.96 Å². The van der Waals surface area contributed by atoms with Gasteiger partial charge >= 0.3 is 0 Å². The van der Waals surface area contributed by atoms with E-state index in [9.17, 15) is 0 Å². The van der Waals surface area contributed by atoms with Crippen molar-refractivity contribution in [2.45, 2.75) is 52.1 Å². The average Bonchev–Trinajstić information content (AvgIpc) is 2.69. The molecule has 0 amide bonds. The molecule has 1 saturated heterocycles. The number of aliphatic imine (C=N–C) groups is 1. The lowest BCUT2D eigenvalue weighted by Crippen LogP contribution is -2.54. The van der Waals surface area contributed by atoms with Crippen LogP contribution in [0.3, 0.4) is 0 Å². The summed E-state index contributed by atoms with van der Waals surface area (Å²) in [5.74, 6) is 2.34. The number of benzene rings is 1. The molecule has 0 atom stereocenters. The van der Waals surface area contributed by atoms with Gasteiger partial charge in [0, 0.05) is 25.7 Å². The van der Waals surface area contributed by atoms with Gasteiger partial charge < -0.3 is 20.1 Å². The Balaban J connectivity index is 1.88. The number of nitrogens with zero attached hydrogens (tertiary/aromatic N) is 2. The highest BCUT2D eigenvalue weighted by molar-refractivity contribution is 5.79. The summed E-state index contributed by atoms with van der Waals surface area (Å²) in [5, 5.41) is 6.87. The lowest BCUT2D eigenvalue weighted by atomic mass is 9.98. The Hall–Kier alpha value is -1.95. The van der Waals surface area contributed by atoms with Crippen LogP contribution >= 0.6 is 0 Å². The summed E-state index contributed by atoms with van der Waals surface area (Å²) in [4.78, 5) is 6.94. The fourth-order valence-electron chi connectivity index (χ4n) is 3.41. The first-order valence-corrected chi connectivity index (χ1v) is 9.99. The molecule has 0 spiro atoms. The van der Waals surface area contributed by atoms with E-state index in [0.29, 0.717) is 13.2 Å². The van der Waals surface area contributed by atoms with Gasteiger partial charge in [0.05, 0.1) is 13.7 Å². The van der Waals surface area contributed by atoms with Crippen LogP contribution in [0, 0.1) is 0 Å². The highest BCUT2D eigenvalue weighted by atomic mass is 16.5. The molecule has 27 heavy (non-hydrogen) atoms. The van der Waals surface area contributed by atoms with Crippen molar-refractivity contribution in [2.75, 3.05) is 40.4 Å². The van der Waals surface area contributed by atoms with Crippen molar-refractivity contribution in [2.24, 2.45) is 4.99 Å². The van der Waals surface area contributed by atoms with Gasteiger partial charge in [-0.05, 0) is 64.4 Å². The molecule has 0 bridgehead atoms. The van der Waals surface area contributed by atoms with E-state index in [1.54, 1.807) is 7.11 Å². The van der Waals surface area contributed by atoms with Crippen LogP contribution in [0.15, 0.2) is 23.2 Å². The van der Waals surface area contributed by atoms with E-state index in [1.807, 2.05) is 32.2 Å². The molecule has 0 aliphatic carbocycles. The maximum atomic E-state index is 5.58. The van der Waals surface area contributed by atoms with E-state index >= 15 is 0 Å². The molecule has 6 heteroatoms. The number of guanidine groups is 1. The molecule has 1 aromatic carbocycles. The minimum absolute atomic E-state index is 0.112. The number of methoxy groups -OCH3 is 1. The van der Waals surface area contributed by atoms with Crippen LogP contribution in [0.25, 0.3) is 0 Å². The first-order chi connectivity index (χ1) is 13.0. The van der Waals surface area contributed by atoms with Crippen molar-refractivity contribution in [1.82, 2.24) is 15.5 Å². The molecule has 1 aromatic rings.